The number of esters is 1. The minimum atomic E-state index is -0.664. The van der Waals surface area contributed by atoms with Crippen molar-refractivity contribution >= 4 is 29.2 Å². The smallest absolute Gasteiger partial charge is 0.331 e. The third-order valence-electron chi connectivity index (χ3n) is 5.11. The molecule has 2 aromatic rings. The summed E-state index contributed by atoms with van der Waals surface area (Å²) in [7, 11) is 1.91. The van der Waals surface area contributed by atoms with Crippen LogP contribution in [0.3, 0.4) is 0 Å². The number of hydrogen-bond donors (Lipinski definition) is 0. The van der Waals surface area contributed by atoms with Gasteiger partial charge in [0.05, 0.1) is 4.92 Å². The Morgan fingerprint density at radius 1 is 1.13 bits per heavy atom. The number of rotatable bonds is 6. The van der Waals surface area contributed by atoms with E-state index in [1.54, 1.807) is 0 Å². The summed E-state index contributed by atoms with van der Waals surface area (Å²) in [5, 5.41) is 10.6. The molecule has 3 rings (SSSR count). The van der Waals surface area contributed by atoms with Crippen molar-refractivity contribution in [3.63, 3.8) is 0 Å². The van der Waals surface area contributed by atoms with Crippen LogP contribution in [0.5, 0.6) is 0 Å². The van der Waals surface area contributed by atoms with Crippen LogP contribution in [0.4, 0.5) is 11.4 Å². The lowest BCUT2D eigenvalue weighted by Crippen LogP contribution is -2.25. The van der Waals surface area contributed by atoms with Crippen LogP contribution in [0.1, 0.15) is 25.0 Å². The summed E-state index contributed by atoms with van der Waals surface area (Å²) in [5.74, 6) is -0.975. The van der Waals surface area contributed by atoms with Crippen molar-refractivity contribution in [2.75, 3.05) is 18.6 Å². The van der Waals surface area contributed by atoms with E-state index in [2.05, 4.69) is 0 Å². The summed E-state index contributed by atoms with van der Waals surface area (Å²) < 4.78 is 5.03. The first kappa shape index (κ1) is 21.0. The standard InChI is InChI=1S/C23H22N2O5/c1-23(2)19-6-4-5-7-20(19)24(3)21(23)14-18(26)15-30-22(27)13-10-16-8-11-17(12-9-16)25(28)29/h4-14H,15H2,1-3H3/b13-10+,21-14?. The number of allylic oxidation sites excluding steroid dienone is 1. The molecule has 0 aliphatic carbocycles. The molecule has 154 valence electrons. The monoisotopic (exact) mass is 406 g/mol. The largest absolute Gasteiger partial charge is 0.454 e. The number of nitrogens with zero attached hydrogens (tertiary/aromatic N) is 2. The van der Waals surface area contributed by atoms with Crippen molar-refractivity contribution in [1.82, 2.24) is 0 Å². The molecule has 2 aromatic carbocycles. The van der Waals surface area contributed by atoms with Crippen LogP contribution < -0.4 is 4.90 Å². The molecular formula is C23H22N2O5. The summed E-state index contributed by atoms with van der Waals surface area (Å²) >= 11 is 0. The normalized spacial score (nSPS) is 16.0. The second kappa shape index (κ2) is 8.32. The molecule has 0 N–H and O–H groups in total. The van der Waals surface area contributed by atoms with Crippen molar-refractivity contribution in [2.45, 2.75) is 19.3 Å². The number of ether oxygens (including phenoxy) is 1. The Morgan fingerprint density at radius 2 is 1.80 bits per heavy atom. The number of para-hydroxylation sites is 1. The number of benzene rings is 2. The van der Waals surface area contributed by atoms with E-state index in [1.165, 1.54) is 42.5 Å². The lowest BCUT2D eigenvalue weighted by atomic mass is 9.83. The maximum atomic E-state index is 12.4. The van der Waals surface area contributed by atoms with E-state index in [4.69, 9.17) is 4.74 Å². The predicted octanol–water partition coefficient (Wildman–Crippen LogP) is 4.03. The molecule has 0 amide bonds. The highest BCUT2D eigenvalue weighted by atomic mass is 16.6. The van der Waals surface area contributed by atoms with E-state index in [0.29, 0.717) is 5.56 Å². The van der Waals surface area contributed by atoms with E-state index in [0.717, 1.165) is 16.9 Å². The first-order valence-electron chi connectivity index (χ1n) is 9.37. The van der Waals surface area contributed by atoms with Crippen LogP contribution in [-0.2, 0) is 19.7 Å². The first-order valence-corrected chi connectivity index (χ1v) is 9.37. The molecule has 0 unspecified atom stereocenters. The van der Waals surface area contributed by atoms with E-state index < -0.39 is 10.9 Å². The van der Waals surface area contributed by atoms with E-state index in [9.17, 15) is 19.7 Å². The molecule has 1 heterocycles. The summed E-state index contributed by atoms with van der Waals surface area (Å²) in [6, 6.07) is 13.7. The maximum Gasteiger partial charge on any atom is 0.331 e. The average molecular weight is 406 g/mol. The first-order chi connectivity index (χ1) is 14.2. The molecule has 0 bridgehead atoms. The number of carbonyl (C=O) groups excluding carboxylic acids is 2. The Bertz CT molecular complexity index is 1050. The summed E-state index contributed by atoms with van der Waals surface area (Å²) in [5.41, 5.74) is 3.26. The van der Waals surface area contributed by atoms with Gasteiger partial charge in [-0.05, 0) is 35.4 Å². The quantitative estimate of drug-likeness (QED) is 0.311. The van der Waals surface area contributed by atoms with E-state index in [-0.39, 0.29) is 23.5 Å². The van der Waals surface area contributed by atoms with Gasteiger partial charge in [0.2, 0.25) is 0 Å². The molecule has 7 heteroatoms. The van der Waals surface area contributed by atoms with Gasteiger partial charge < -0.3 is 9.64 Å². The van der Waals surface area contributed by atoms with Gasteiger partial charge in [0.25, 0.3) is 5.69 Å². The van der Waals surface area contributed by atoms with Gasteiger partial charge >= 0.3 is 5.97 Å². The van der Waals surface area contributed by atoms with Gasteiger partial charge in [-0.25, -0.2) is 4.79 Å². The highest BCUT2D eigenvalue weighted by Gasteiger charge is 2.38. The second-order valence-electron chi connectivity index (χ2n) is 7.49. The Balaban J connectivity index is 1.60. The zero-order chi connectivity index (χ0) is 21.9. The summed E-state index contributed by atoms with van der Waals surface area (Å²) in [6.07, 6.45) is 4.18. The van der Waals surface area contributed by atoms with Crippen LogP contribution in [0.25, 0.3) is 6.08 Å². The van der Waals surface area contributed by atoms with Crippen molar-refractivity contribution in [1.29, 1.82) is 0 Å². The Hall–Kier alpha value is -3.74. The number of likely N-dealkylation sites (N-methyl/N-ethyl adjacent to an activating group) is 1. The minimum Gasteiger partial charge on any atom is -0.454 e. The molecule has 0 saturated heterocycles. The fourth-order valence-corrected chi connectivity index (χ4v) is 3.51. The van der Waals surface area contributed by atoms with Crippen molar-refractivity contribution < 1.29 is 19.2 Å². The molecule has 1 aliphatic heterocycles. The molecule has 0 fully saturated rings. The van der Waals surface area contributed by atoms with Crippen molar-refractivity contribution in [3.05, 3.63) is 87.6 Å². The van der Waals surface area contributed by atoms with Crippen molar-refractivity contribution in [2.24, 2.45) is 0 Å². The minimum absolute atomic E-state index is 0.0321. The number of ketones is 1. The Kier molecular flexibility index (Phi) is 5.82. The van der Waals surface area contributed by atoms with Gasteiger partial charge in [0, 0.05) is 48.1 Å². The third-order valence-corrected chi connectivity index (χ3v) is 5.11. The zero-order valence-electron chi connectivity index (χ0n) is 17.0. The summed E-state index contributed by atoms with van der Waals surface area (Å²) in [4.78, 5) is 36.4. The summed E-state index contributed by atoms with van der Waals surface area (Å²) in [6.45, 7) is 3.73. The molecule has 0 aromatic heterocycles. The highest BCUT2D eigenvalue weighted by Crippen LogP contribution is 2.46. The van der Waals surface area contributed by atoms with E-state index in [1.807, 2.05) is 50.1 Å². The van der Waals surface area contributed by atoms with Crippen molar-refractivity contribution in [3.8, 4) is 0 Å². The van der Waals surface area contributed by atoms with Crippen LogP contribution in [0.15, 0.2) is 66.4 Å². The topological polar surface area (TPSA) is 89.8 Å². The van der Waals surface area contributed by atoms with Gasteiger partial charge in [-0.2, -0.15) is 0 Å². The molecule has 0 saturated carbocycles. The number of nitro groups is 1. The van der Waals surface area contributed by atoms with Gasteiger partial charge in [-0.1, -0.05) is 32.0 Å². The molecule has 0 spiro atoms. The lowest BCUT2D eigenvalue weighted by Gasteiger charge is -2.23. The number of non-ortho nitro benzene ring substituents is 1. The number of fused-ring (bicyclic) bond motifs is 1. The lowest BCUT2D eigenvalue weighted by molar-refractivity contribution is -0.384. The molecule has 7 nitrogen and oxygen atoms in total. The van der Waals surface area contributed by atoms with Gasteiger partial charge in [-0.15, -0.1) is 0 Å². The molecular weight excluding hydrogens is 384 g/mol. The van der Waals surface area contributed by atoms with Crippen LogP contribution in [0.2, 0.25) is 0 Å². The third kappa shape index (κ3) is 4.30. The maximum absolute atomic E-state index is 12.4. The fourth-order valence-electron chi connectivity index (χ4n) is 3.51. The predicted molar refractivity (Wildman–Crippen MR) is 114 cm³/mol. The second-order valence-corrected chi connectivity index (χ2v) is 7.49. The number of carbonyl (C=O) groups is 2. The van der Waals surface area contributed by atoms with E-state index >= 15 is 0 Å². The molecule has 0 atom stereocenters. The average Bonchev–Trinajstić information content (AvgIpc) is 2.92. The SMILES string of the molecule is CN1C(=CC(=O)COC(=O)/C=C/c2ccc([N+](=O)[O-])cc2)C(C)(C)c2ccccc21. The van der Waals surface area contributed by atoms with Gasteiger partial charge in [0.15, 0.2) is 12.4 Å². The molecule has 30 heavy (non-hydrogen) atoms. The van der Waals surface area contributed by atoms with Crippen LogP contribution in [-0.4, -0.2) is 30.3 Å². The zero-order valence-corrected chi connectivity index (χ0v) is 17.0. The number of nitro benzene ring substituents is 1. The molecule has 0 radical (unpaired) electrons. The Morgan fingerprint density at radius 3 is 2.43 bits per heavy atom. The fraction of sp³-hybridized carbons (Fsp3) is 0.217. The molecule has 1 aliphatic rings. The Labute approximate surface area is 174 Å². The highest BCUT2D eigenvalue weighted by molar-refractivity contribution is 5.96. The van der Waals surface area contributed by atoms with Crippen LogP contribution >= 0.6 is 0 Å². The number of hydrogen-bond acceptors (Lipinski definition) is 6. The van der Waals surface area contributed by atoms with Crippen LogP contribution in [0, 0.1) is 10.1 Å². The van der Waals surface area contributed by atoms with Gasteiger partial charge in [-0.3, -0.25) is 14.9 Å². The number of anilines is 1. The van der Waals surface area contributed by atoms with Gasteiger partial charge in [0.1, 0.15) is 0 Å².